The van der Waals surface area contributed by atoms with Gasteiger partial charge in [-0.2, -0.15) is 0 Å². The normalized spacial score (nSPS) is 16.9. The molecule has 3 heterocycles. The summed E-state index contributed by atoms with van der Waals surface area (Å²) in [6.45, 7) is 4.32. The topological polar surface area (TPSA) is 58.6 Å². The Kier molecular flexibility index (Phi) is 5.25. The van der Waals surface area contributed by atoms with E-state index in [0.717, 1.165) is 29.4 Å². The van der Waals surface area contributed by atoms with E-state index >= 15 is 0 Å². The Morgan fingerprint density at radius 2 is 1.89 bits per heavy atom. The Hall–Kier alpha value is -2.93. The Balaban J connectivity index is 1.43. The predicted octanol–water partition coefficient (Wildman–Crippen LogP) is 3.56. The zero-order valence-electron chi connectivity index (χ0n) is 15.9. The fraction of sp³-hybridized carbons (Fsp3) is 0.286. The van der Waals surface area contributed by atoms with Crippen LogP contribution in [0.4, 0.5) is 5.69 Å². The SMILES string of the molecule is COc1ccc(N2CCN(C(=O)c3cnc(-c4cccs4)nc3)C(C)C2)cc1. The van der Waals surface area contributed by atoms with Crippen LogP contribution in [0.5, 0.6) is 5.75 Å². The van der Waals surface area contributed by atoms with Gasteiger partial charge in [0.1, 0.15) is 5.75 Å². The lowest BCUT2D eigenvalue weighted by Gasteiger charge is -2.41. The van der Waals surface area contributed by atoms with E-state index in [-0.39, 0.29) is 11.9 Å². The number of thiophene rings is 1. The van der Waals surface area contributed by atoms with Crippen LogP contribution in [0.3, 0.4) is 0 Å². The number of carbonyl (C=O) groups excluding carboxylic acids is 1. The number of rotatable bonds is 4. The first-order valence-electron chi connectivity index (χ1n) is 9.21. The molecule has 1 saturated heterocycles. The second-order valence-corrected chi connectivity index (χ2v) is 7.71. The standard InChI is InChI=1S/C21H22N4O2S/c1-15-14-24(17-5-7-18(27-2)8-6-17)9-10-25(15)21(26)16-12-22-20(23-13-16)19-4-3-11-28-19/h3-8,11-13,15H,9-10,14H2,1-2H3. The number of anilines is 1. The monoisotopic (exact) mass is 394 g/mol. The number of aromatic nitrogens is 2. The molecule has 4 rings (SSSR count). The van der Waals surface area contributed by atoms with E-state index in [4.69, 9.17) is 4.74 Å². The van der Waals surface area contributed by atoms with Crippen LogP contribution in [0.2, 0.25) is 0 Å². The second-order valence-electron chi connectivity index (χ2n) is 6.76. The van der Waals surface area contributed by atoms with Crippen LogP contribution in [0, 0.1) is 0 Å². The fourth-order valence-corrected chi connectivity index (χ4v) is 4.10. The highest BCUT2D eigenvalue weighted by Gasteiger charge is 2.28. The number of hydrogen-bond donors (Lipinski definition) is 0. The van der Waals surface area contributed by atoms with Crippen molar-refractivity contribution in [3.05, 3.63) is 59.7 Å². The molecule has 1 unspecified atom stereocenters. The lowest BCUT2D eigenvalue weighted by molar-refractivity contribution is 0.0673. The van der Waals surface area contributed by atoms with Crippen molar-refractivity contribution < 1.29 is 9.53 Å². The summed E-state index contributed by atoms with van der Waals surface area (Å²) >= 11 is 1.59. The number of benzene rings is 1. The highest BCUT2D eigenvalue weighted by Crippen LogP contribution is 2.24. The van der Waals surface area contributed by atoms with Crippen molar-refractivity contribution in [1.29, 1.82) is 0 Å². The van der Waals surface area contributed by atoms with Crippen LogP contribution >= 0.6 is 11.3 Å². The molecule has 1 amide bonds. The quantitative estimate of drug-likeness (QED) is 0.677. The summed E-state index contributed by atoms with van der Waals surface area (Å²) in [6.07, 6.45) is 3.26. The molecule has 144 valence electrons. The van der Waals surface area contributed by atoms with Crippen molar-refractivity contribution in [1.82, 2.24) is 14.9 Å². The molecule has 2 aromatic heterocycles. The van der Waals surface area contributed by atoms with Crippen molar-refractivity contribution in [2.75, 3.05) is 31.6 Å². The fourth-order valence-electron chi connectivity index (χ4n) is 3.42. The molecule has 6 nitrogen and oxygen atoms in total. The predicted molar refractivity (Wildman–Crippen MR) is 111 cm³/mol. The van der Waals surface area contributed by atoms with E-state index in [2.05, 4.69) is 33.9 Å². The van der Waals surface area contributed by atoms with E-state index in [1.807, 2.05) is 34.5 Å². The summed E-state index contributed by atoms with van der Waals surface area (Å²) in [5.41, 5.74) is 1.67. The Morgan fingerprint density at radius 1 is 1.14 bits per heavy atom. The maximum absolute atomic E-state index is 12.9. The molecule has 1 aromatic carbocycles. The molecule has 7 heteroatoms. The van der Waals surface area contributed by atoms with Gasteiger partial charge in [-0.05, 0) is 42.6 Å². The molecular formula is C21H22N4O2S. The van der Waals surface area contributed by atoms with Gasteiger partial charge in [0.15, 0.2) is 5.82 Å². The third-order valence-corrected chi connectivity index (χ3v) is 5.83. The molecule has 1 fully saturated rings. The molecule has 0 bridgehead atoms. The number of ether oxygens (including phenoxy) is 1. The summed E-state index contributed by atoms with van der Waals surface area (Å²) in [5.74, 6) is 1.49. The molecule has 3 aromatic rings. The Morgan fingerprint density at radius 3 is 2.50 bits per heavy atom. The van der Waals surface area contributed by atoms with Crippen LogP contribution in [-0.2, 0) is 0 Å². The maximum Gasteiger partial charge on any atom is 0.257 e. The van der Waals surface area contributed by atoms with Gasteiger partial charge in [0.05, 0.1) is 17.6 Å². The number of amides is 1. The van der Waals surface area contributed by atoms with Gasteiger partial charge in [-0.15, -0.1) is 11.3 Å². The minimum absolute atomic E-state index is 0.0142. The summed E-state index contributed by atoms with van der Waals surface area (Å²) in [5, 5.41) is 1.99. The van der Waals surface area contributed by atoms with E-state index in [1.54, 1.807) is 30.8 Å². The van der Waals surface area contributed by atoms with E-state index in [9.17, 15) is 4.79 Å². The number of carbonyl (C=O) groups is 1. The van der Waals surface area contributed by atoms with Crippen molar-refractivity contribution in [3.8, 4) is 16.5 Å². The van der Waals surface area contributed by atoms with Crippen LogP contribution in [0.25, 0.3) is 10.7 Å². The Labute approximate surface area is 168 Å². The number of hydrogen-bond acceptors (Lipinski definition) is 6. The summed E-state index contributed by atoms with van der Waals surface area (Å²) < 4.78 is 5.22. The van der Waals surface area contributed by atoms with Crippen molar-refractivity contribution in [3.63, 3.8) is 0 Å². The molecule has 0 N–H and O–H groups in total. The molecular weight excluding hydrogens is 372 g/mol. The third-order valence-electron chi connectivity index (χ3n) is 4.97. The first kappa shape index (κ1) is 18.4. The molecule has 0 radical (unpaired) electrons. The van der Waals surface area contributed by atoms with Crippen LogP contribution in [-0.4, -0.2) is 53.6 Å². The molecule has 1 atom stereocenters. The lowest BCUT2D eigenvalue weighted by atomic mass is 10.1. The van der Waals surface area contributed by atoms with E-state index in [0.29, 0.717) is 17.9 Å². The summed E-state index contributed by atoms with van der Waals surface area (Å²) in [6, 6.07) is 12.1. The maximum atomic E-state index is 12.9. The van der Waals surface area contributed by atoms with Gasteiger partial charge in [-0.1, -0.05) is 6.07 Å². The third kappa shape index (κ3) is 3.71. The zero-order valence-corrected chi connectivity index (χ0v) is 16.7. The van der Waals surface area contributed by atoms with Gasteiger partial charge in [-0.3, -0.25) is 4.79 Å². The van der Waals surface area contributed by atoms with Crippen LogP contribution < -0.4 is 9.64 Å². The number of piperazine rings is 1. The minimum atomic E-state index is -0.0142. The number of methoxy groups -OCH3 is 1. The van der Waals surface area contributed by atoms with Gasteiger partial charge < -0.3 is 14.5 Å². The molecule has 0 saturated carbocycles. The molecule has 0 spiro atoms. The first-order valence-corrected chi connectivity index (χ1v) is 10.1. The van der Waals surface area contributed by atoms with Crippen molar-refractivity contribution in [2.45, 2.75) is 13.0 Å². The summed E-state index contributed by atoms with van der Waals surface area (Å²) in [4.78, 5) is 26.9. The molecule has 1 aliphatic heterocycles. The Bertz CT molecular complexity index is 926. The van der Waals surface area contributed by atoms with Crippen molar-refractivity contribution >= 4 is 22.9 Å². The molecule has 28 heavy (non-hydrogen) atoms. The zero-order chi connectivity index (χ0) is 19.5. The van der Waals surface area contributed by atoms with Gasteiger partial charge in [0.25, 0.3) is 5.91 Å². The van der Waals surface area contributed by atoms with Gasteiger partial charge in [-0.25, -0.2) is 9.97 Å². The molecule has 0 aliphatic carbocycles. The van der Waals surface area contributed by atoms with Gasteiger partial charge in [0, 0.05) is 43.8 Å². The second kappa shape index (κ2) is 7.98. The van der Waals surface area contributed by atoms with Gasteiger partial charge >= 0.3 is 0 Å². The number of nitrogens with zero attached hydrogens (tertiary/aromatic N) is 4. The highest BCUT2D eigenvalue weighted by molar-refractivity contribution is 7.13. The largest absolute Gasteiger partial charge is 0.497 e. The average Bonchev–Trinajstić information content (AvgIpc) is 3.28. The first-order chi connectivity index (χ1) is 13.7. The smallest absolute Gasteiger partial charge is 0.257 e. The van der Waals surface area contributed by atoms with E-state index in [1.165, 1.54) is 0 Å². The van der Waals surface area contributed by atoms with Crippen molar-refractivity contribution in [2.24, 2.45) is 0 Å². The average molecular weight is 395 g/mol. The van der Waals surface area contributed by atoms with E-state index < -0.39 is 0 Å². The van der Waals surface area contributed by atoms with Gasteiger partial charge in [0.2, 0.25) is 0 Å². The van der Waals surface area contributed by atoms with Crippen LogP contribution in [0.15, 0.2) is 54.2 Å². The lowest BCUT2D eigenvalue weighted by Crippen LogP contribution is -2.54. The molecule has 1 aliphatic rings. The summed E-state index contributed by atoms with van der Waals surface area (Å²) in [7, 11) is 1.66. The highest BCUT2D eigenvalue weighted by atomic mass is 32.1. The minimum Gasteiger partial charge on any atom is -0.497 e. The van der Waals surface area contributed by atoms with Crippen LogP contribution in [0.1, 0.15) is 17.3 Å².